The molecule has 5 heterocycles. The maximum atomic E-state index is 14.0. The summed E-state index contributed by atoms with van der Waals surface area (Å²) < 4.78 is 12.4. The van der Waals surface area contributed by atoms with Crippen LogP contribution in [0.3, 0.4) is 0 Å². The number of rotatable bonds is 14. The zero-order valence-electron chi connectivity index (χ0n) is 32.8. The molecule has 5 aromatic rings. The number of aliphatic hydroxyl groups excluding tert-OH is 1. The average Bonchev–Trinajstić information content (AvgIpc) is 3.26. The lowest BCUT2D eigenvalue weighted by Gasteiger charge is -2.46. The Balaban J connectivity index is 0.772. The summed E-state index contributed by atoms with van der Waals surface area (Å²) >= 11 is 0. The van der Waals surface area contributed by atoms with Crippen LogP contribution in [0.15, 0.2) is 108 Å². The number of carbonyl (C=O) groups excluding carboxylic acids is 2. The number of amides is 1. The zero-order valence-corrected chi connectivity index (χ0v) is 32.8. The van der Waals surface area contributed by atoms with Crippen LogP contribution in [0.5, 0.6) is 11.5 Å². The van der Waals surface area contributed by atoms with Gasteiger partial charge in [0.1, 0.15) is 24.2 Å². The second kappa shape index (κ2) is 17.6. The summed E-state index contributed by atoms with van der Waals surface area (Å²) in [6, 6.07) is 32.1. The van der Waals surface area contributed by atoms with Gasteiger partial charge >= 0.3 is 5.97 Å². The number of benzene rings is 4. The lowest BCUT2D eigenvalue weighted by Crippen LogP contribution is -2.55. The molecule has 0 radical (unpaired) electrons. The van der Waals surface area contributed by atoms with Gasteiger partial charge in [-0.05, 0) is 103 Å². The lowest BCUT2D eigenvalue weighted by atomic mass is 9.72. The van der Waals surface area contributed by atoms with Crippen molar-refractivity contribution in [1.29, 1.82) is 0 Å². The van der Waals surface area contributed by atoms with E-state index in [4.69, 9.17) is 9.47 Å². The standard InChI is InChI=1S/C47H52N4O7/c52-40-17-15-38(39-16-18-43(54)49-45(39)40)41(53)29-48-28-33-6-8-34(9-7-33)31-57-37-13-10-32(11-14-37)12-19-44(55)51-26-22-47(23-27-51,36-4-2-1-3-5-36)46(56)58-42-30-50-24-20-35(42)21-25-50/h1-11,13-18,35,41-42,48,52-53H,12,19-31H2,(H,49,54)/t41-,42-/m0/s1. The molecule has 58 heavy (non-hydrogen) atoms. The van der Waals surface area contributed by atoms with E-state index >= 15 is 0 Å². The van der Waals surface area contributed by atoms with E-state index in [1.54, 1.807) is 12.1 Å². The van der Waals surface area contributed by atoms with Crippen LogP contribution in [-0.4, -0.2) is 82.2 Å². The molecule has 4 saturated heterocycles. The van der Waals surface area contributed by atoms with Crippen molar-refractivity contribution in [1.82, 2.24) is 20.1 Å². The van der Waals surface area contributed by atoms with Crippen molar-refractivity contribution in [3.8, 4) is 11.5 Å². The van der Waals surface area contributed by atoms with Gasteiger partial charge in [-0.15, -0.1) is 0 Å². The van der Waals surface area contributed by atoms with Crippen molar-refractivity contribution in [3.63, 3.8) is 0 Å². The molecule has 1 amide bonds. The predicted molar refractivity (Wildman–Crippen MR) is 221 cm³/mol. The van der Waals surface area contributed by atoms with E-state index in [0.717, 1.165) is 60.5 Å². The van der Waals surface area contributed by atoms with Gasteiger partial charge in [-0.25, -0.2) is 0 Å². The number of hydrogen-bond donors (Lipinski definition) is 4. The quantitative estimate of drug-likeness (QED) is 0.103. The molecule has 0 saturated carbocycles. The molecule has 9 rings (SSSR count). The monoisotopic (exact) mass is 784 g/mol. The minimum absolute atomic E-state index is 0.0390. The second-order valence-electron chi connectivity index (χ2n) is 16.1. The molecule has 0 unspecified atom stereocenters. The molecule has 4 fully saturated rings. The Bertz CT molecular complexity index is 2240. The van der Waals surface area contributed by atoms with Crippen molar-refractivity contribution in [2.75, 3.05) is 39.3 Å². The Morgan fingerprint density at radius 3 is 2.26 bits per heavy atom. The number of aromatic amines is 1. The predicted octanol–water partition coefficient (Wildman–Crippen LogP) is 5.77. The fourth-order valence-electron chi connectivity index (χ4n) is 8.89. The summed E-state index contributed by atoms with van der Waals surface area (Å²) in [4.78, 5) is 46.0. The number of esters is 1. The molecule has 11 heteroatoms. The lowest BCUT2D eigenvalue weighted by molar-refractivity contribution is -0.168. The number of phenolic OH excluding ortho intramolecular Hbond substituents is 1. The molecule has 0 spiro atoms. The highest BCUT2D eigenvalue weighted by Crippen LogP contribution is 2.39. The number of carbonyl (C=O) groups is 2. The first-order valence-corrected chi connectivity index (χ1v) is 20.5. The van der Waals surface area contributed by atoms with Crippen LogP contribution in [-0.2, 0) is 39.3 Å². The number of aryl methyl sites for hydroxylation is 1. The number of aromatic nitrogens is 1. The highest BCUT2D eigenvalue weighted by Gasteiger charge is 2.47. The summed E-state index contributed by atoms with van der Waals surface area (Å²) in [5.74, 6) is 1.13. The van der Waals surface area contributed by atoms with E-state index in [0.29, 0.717) is 80.9 Å². The second-order valence-corrected chi connectivity index (χ2v) is 16.1. The highest BCUT2D eigenvalue weighted by atomic mass is 16.5. The maximum Gasteiger partial charge on any atom is 0.317 e. The van der Waals surface area contributed by atoms with Gasteiger partial charge in [0.05, 0.1) is 17.0 Å². The molecule has 302 valence electrons. The molecule has 2 bridgehead atoms. The Labute approximate surface area is 338 Å². The number of hydrogen-bond acceptors (Lipinski definition) is 9. The molecule has 4 aliphatic rings. The fraction of sp³-hybridized carbons (Fsp3) is 0.383. The highest BCUT2D eigenvalue weighted by molar-refractivity contribution is 5.87. The van der Waals surface area contributed by atoms with E-state index in [1.165, 1.54) is 12.1 Å². The number of likely N-dealkylation sites (tertiary alicyclic amines) is 1. The van der Waals surface area contributed by atoms with Crippen LogP contribution >= 0.6 is 0 Å². The Kier molecular flexibility index (Phi) is 11.9. The van der Waals surface area contributed by atoms with Gasteiger partial charge in [-0.2, -0.15) is 0 Å². The number of pyridine rings is 1. The van der Waals surface area contributed by atoms with E-state index < -0.39 is 11.5 Å². The van der Waals surface area contributed by atoms with Crippen LogP contribution in [0.2, 0.25) is 0 Å². The molecule has 0 aliphatic carbocycles. The van der Waals surface area contributed by atoms with Crippen molar-refractivity contribution in [2.45, 2.75) is 69.3 Å². The van der Waals surface area contributed by atoms with Crippen LogP contribution < -0.4 is 15.6 Å². The fourth-order valence-corrected chi connectivity index (χ4v) is 8.89. The third-order valence-electron chi connectivity index (χ3n) is 12.5. The molecular weight excluding hydrogens is 733 g/mol. The van der Waals surface area contributed by atoms with Gasteiger partial charge in [0.25, 0.3) is 0 Å². The van der Waals surface area contributed by atoms with Gasteiger partial charge in [0.15, 0.2) is 0 Å². The summed E-state index contributed by atoms with van der Waals surface area (Å²) in [5.41, 5.74) is 4.00. The number of piperidine rings is 4. The maximum absolute atomic E-state index is 14.0. The van der Waals surface area contributed by atoms with Gasteiger partial charge in [0, 0.05) is 50.6 Å². The Morgan fingerprint density at radius 1 is 0.845 bits per heavy atom. The minimum Gasteiger partial charge on any atom is -0.506 e. The first kappa shape index (κ1) is 39.3. The van der Waals surface area contributed by atoms with E-state index in [1.807, 2.05) is 83.8 Å². The number of fused-ring (bicyclic) bond motifs is 4. The van der Waals surface area contributed by atoms with Crippen LogP contribution in [0.1, 0.15) is 66.0 Å². The number of aromatic hydroxyl groups is 1. The van der Waals surface area contributed by atoms with Crippen molar-refractivity contribution >= 4 is 22.8 Å². The van der Waals surface area contributed by atoms with E-state index in [9.17, 15) is 24.6 Å². The van der Waals surface area contributed by atoms with E-state index in [-0.39, 0.29) is 29.3 Å². The number of ether oxygens (including phenoxy) is 2. The first-order chi connectivity index (χ1) is 28.2. The topological polar surface area (TPSA) is 144 Å². The average molecular weight is 785 g/mol. The van der Waals surface area contributed by atoms with E-state index in [2.05, 4.69) is 15.2 Å². The Morgan fingerprint density at radius 2 is 1.55 bits per heavy atom. The largest absolute Gasteiger partial charge is 0.506 e. The summed E-state index contributed by atoms with van der Waals surface area (Å²) in [6.45, 7) is 5.33. The summed E-state index contributed by atoms with van der Waals surface area (Å²) in [5, 5.41) is 24.8. The van der Waals surface area contributed by atoms with Crippen LogP contribution in [0.4, 0.5) is 0 Å². The summed E-state index contributed by atoms with van der Waals surface area (Å²) in [6.07, 6.45) is 3.45. The molecule has 11 nitrogen and oxygen atoms in total. The van der Waals surface area contributed by atoms with Gasteiger partial charge in [0.2, 0.25) is 11.5 Å². The molecule has 2 atom stereocenters. The van der Waals surface area contributed by atoms with Crippen LogP contribution in [0, 0.1) is 5.92 Å². The van der Waals surface area contributed by atoms with Crippen molar-refractivity contribution in [2.24, 2.45) is 5.92 Å². The normalized spacial score (nSPS) is 20.4. The van der Waals surface area contributed by atoms with Gasteiger partial charge in [-0.1, -0.05) is 72.8 Å². The molecule has 4 aromatic carbocycles. The van der Waals surface area contributed by atoms with Crippen LogP contribution in [0.25, 0.3) is 10.9 Å². The van der Waals surface area contributed by atoms with Gasteiger partial charge < -0.3 is 34.9 Å². The smallest absolute Gasteiger partial charge is 0.317 e. The zero-order chi connectivity index (χ0) is 40.1. The molecule has 4 aliphatic heterocycles. The number of phenols is 1. The first-order valence-electron chi connectivity index (χ1n) is 20.5. The molecular formula is C47H52N4O7. The Hall–Kier alpha value is -5.49. The van der Waals surface area contributed by atoms with Crippen molar-refractivity contribution in [3.05, 3.63) is 141 Å². The number of aliphatic hydroxyl groups is 1. The van der Waals surface area contributed by atoms with Gasteiger partial charge in [-0.3, -0.25) is 19.3 Å². The van der Waals surface area contributed by atoms with Crippen molar-refractivity contribution < 1.29 is 29.3 Å². The third-order valence-corrected chi connectivity index (χ3v) is 12.5. The minimum atomic E-state index is -0.831. The SMILES string of the molecule is O=C(CCc1ccc(OCc2ccc(CNC[C@H](O)c3ccc(O)c4[nH]c(=O)ccc34)cc2)cc1)N1CCC(C(=O)O[C@H]2CN3CCC2CC3)(c2ccccc2)CC1. The molecule has 1 aromatic heterocycles. The summed E-state index contributed by atoms with van der Waals surface area (Å²) in [7, 11) is 0. The number of H-pyrrole nitrogens is 1. The number of nitrogens with one attached hydrogen (secondary N) is 2. The molecule has 4 N–H and O–H groups in total. The third kappa shape index (κ3) is 8.82. The number of nitrogens with zero attached hydrogens (tertiary/aromatic N) is 2.